The maximum Gasteiger partial charge on any atom is 0.126 e. The average Bonchev–Trinajstić information content (AvgIpc) is 2.94. The molecule has 36 heavy (non-hydrogen) atoms. The van der Waals surface area contributed by atoms with Gasteiger partial charge in [-0.1, -0.05) is 85.0 Å². The number of benzene rings is 2. The molecule has 0 unspecified atom stereocenters. The highest BCUT2D eigenvalue weighted by Gasteiger charge is 2.02. The molecule has 0 fully saturated rings. The van der Waals surface area contributed by atoms with Gasteiger partial charge in [-0.15, -0.1) is 0 Å². The van der Waals surface area contributed by atoms with Gasteiger partial charge < -0.3 is 9.47 Å². The van der Waals surface area contributed by atoms with Crippen molar-refractivity contribution in [2.75, 3.05) is 14.2 Å². The molecule has 0 N–H and O–H groups in total. The zero-order chi connectivity index (χ0) is 25.0. The average molecular weight is 473 g/mol. The predicted octanol–water partition coefficient (Wildman–Crippen LogP) is 7.61. The van der Waals surface area contributed by atoms with Gasteiger partial charge in [0.15, 0.2) is 0 Å². The fourth-order valence-electron chi connectivity index (χ4n) is 3.64. The van der Waals surface area contributed by atoms with Crippen molar-refractivity contribution in [1.29, 1.82) is 0 Å². The van der Waals surface area contributed by atoms with E-state index in [4.69, 9.17) is 9.47 Å². The Balaban J connectivity index is 1.44. The molecule has 4 nitrogen and oxygen atoms in total. The van der Waals surface area contributed by atoms with E-state index in [1.54, 1.807) is 26.6 Å². The van der Waals surface area contributed by atoms with Crippen LogP contribution in [-0.4, -0.2) is 24.2 Å². The summed E-state index contributed by atoms with van der Waals surface area (Å²) < 4.78 is 10.8. The van der Waals surface area contributed by atoms with Crippen molar-refractivity contribution in [3.05, 3.63) is 132 Å². The van der Waals surface area contributed by atoms with Gasteiger partial charge in [0.2, 0.25) is 0 Å². The highest BCUT2D eigenvalue weighted by atomic mass is 16.5. The summed E-state index contributed by atoms with van der Waals surface area (Å²) in [5, 5.41) is 0. The Morgan fingerprint density at radius 3 is 1.39 bits per heavy atom. The first-order valence-electron chi connectivity index (χ1n) is 11.6. The smallest absolute Gasteiger partial charge is 0.126 e. The van der Waals surface area contributed by atoms with E-state index in [2.05, 4.69) is 9.97 Å². The van der Waals surface area contributed by atoms with Crippen molar-refractivity contribution < 1.29 is 9.47 Å². The molecule has 2 aromatic carbocycles. The third-order valence-corrected chi connectivity index (χ3v) is 5.46. The zero-order valence-electron chi connectivity index (χ0n) is 20.4. The van der Waals surface area contributed by atoms with Crippen molar-refractivity contribution in [1.82, 2.24) is 9.97 Å². The monoisotopic (exact) mass is 472 g/mol. The van der Waals surface area contributed by atoms with Crippen LogP contribution in [0.25, 0.3) is 35.7 Å². The second-order valence-electron chi connectivity index (χ2n) is 7.87. The zero-order valence-corrected chi connectivity index (χ0v) is 20.4. The Labute approximate surface area is 212 Å². The van der Waals surface area contributed by atoms with Crippen molar-refractivity contribution in [2.24, 2.45) is 0 Å². The van der Waals surface area contributed by atoms with Gasteiger partial charge in [-0.2, -0.15) is 0 Å². The first-order valence-corrected chi connectivity index (χ1v) is 11.6. The van der Waals surface area contributed by atoms with Crippen molar-refractivity contribution in [2.45, 2.75) is 0 Å². The Bertz CT molecular complexity index is 1310. The second kappa shape index (κ2) is 12.7. The van der Waals surface area contributed by atoms with Crippen LogP contribution in [0.2, 0.25) is 0 Å². The lowest BCUT2D eigenvalue weighted by molar-refractivity contribution is 0.414. The Morgan fingerprint density at radius 1 is 0.528 bits per heavy atom. The molecule has 0 aliphatic heterocycles. The summed E-state index contributed by atoms with van der Waals surface area (Å²) in [6.45, 7) is 0. The second-order valence-corrected chi connectivity index (χ2v) is 7.87. The lowest BCUT2D eigenvalue weighted by atomic mass is 10.1. The number of allylic oxidation sites excluding steroid dienone is 4. The minimum Gasteiger partial charge on any atom is -0.496 e. The number of hydrogen-bond acceptors (Lipinski definition) is 4. The number of para-hydroxylation sites is 2. The van der Waals surface area contributed by atoms with Crippen LogP contribution in [0.5, 0.6) is 11.5 Å². The summed E-state index contributed by atoms with van der Waals surface area (Å²) in [5.74, 6) is 1.70. The molecule has 0 aliphatic carbocycles. The van der Waals surface area contributed by atoms with E-state index in [1.807, 2.05) is 121 Å². The van der Waals surface area contributed by atoms with Gasteiger partial charge in [-0.3, -0.25) is 9.97 Å². The van der Waals surface area contributed by atoms with E-state index in [-0.39, 0.29) is 0 Å². The van der Waals surface area contributed by atoms with E-state index in [9.17, 15) is 0 Å². The molecule has 2 heterocycles. The minimum atomic E-state index is 0.825. The summed E-state index contributed by atoms with van der Waals surface area (Å²) in [7, 11) is 3.36. The molecule has 0 bridgehead atoms. The van der Waals surface area contributed by atoms with Crippen LogP contribution in [0.3, 0.4) is 0 Å². The normalized spacial score (nSPS) is 11.7. The van der Waals surface area contributed by atoms with Gasteiger partial charge in [-0.25, -0.2) is 0 Å². The van der Waals surface area contributed by atoms with Crippen LogP contribution in [-0.2, 0) is 0 Å². The molecule has 0 spiro atoms. The van der Waals surface area contributed by atoms with Crippen molar-refractivity contribution >= 4 is 24.3 Å². The maximum absolute atomic E-state index is 5.39. The quantitative estimate of drug-likeness (QED) is 0.235. The number of rotatable bonds is 9. The lowest BCUT2D eigenvalue weighted by Crippen LogP contribution is -1.88. The summed E-state index contributed by atoms with van der Waals surface area (Å²) in [5.41, 5.74) is 5.81. The third kappa shape index (κ3) is 6.67. The fraction of sp³-hybridized carbons (Fsp3) is 0.0625. The first-order chi connectivity index (χ1) is 17.8. The molecule has 4 heteroatoms. The number of hydrogen-bond donors (Lipinski definition) is 0. The van der Waals surface area contributed by atoms with Gasteiger partial charge in [-0.05, 0) is 47.5 Å². The Hall–Kier alpha value is -4.70. The molecule has 0 aliphatic rings. The van der Waals surface area contributed by atoms with Crippen molar-refractivity contribution in [3.63, 3.8) is 0 Å². The van der Waals surface area contributed by atoms with Gasteiger partial charge in [0.25, 0.3) is 0 Å². The van der Waals surface area contributed by atoms with E-state index < -0.39 is 0 Å². The predicted molar refractivity (Wildman–Crippen MR) is 150 cm³/mol. The molecule has 2 aromatic heterocycles. The Kier molecular flexibility index (Phi) is 8.60. The fourth-order valence-corrected chi connectivity index (χ4v) is 3.64. The van der Waals surface area contributed by atoms with Gasteiger partial charge in [0, 0.05) is 23.5 Å². The van der Waals surface area contributed by atoms with Crippen LogP contribution in [0.1, 0.15) is 22.3 Å². The summed E-state index contributed by atoms with van der Waals surface area (Å²) in [6, 6.07) is 23.9. The standard InChI is InChI=1S/C32H28N2O2/c1-35-31-17-9-7-15-27(31)13-5-3-11-25-19-21-33-29(23-25)30-24-26(20-22-34-30)12-4-6-14-28-16-8-10-18-32(28)36-2/h3-24H,1-2H3/b11-3+,12-4+,13-5-,14-6-. The molecule has 0 atom stereocenters. The largest absolute Gasteiger partial charge is 0.496 e. The lowest BCUT2D eigenvalue weighted by Gasteiger charge is -2.03. The van der Waals surface area contributed by atoms with Gasteiger partial charge in [0.05, 0.1) is 25.6 Å². The van der Waals surface area contributed by atoms with Crippen LogP contribution in [0.4, 0.5) is 0 Å². The van der Waals surface area contributed by atoms with E-state index in [1.165, 1.54) is 0 Å². The molecule has 4 aromatic rings. The van der Waals surface area contributed by atoms with Crippen LogP contribution in [0, 0.1) is 0 Å². The number of pyridine rings is 2. The molecule has 0 saturated carbocycles. The maximum atomic E-state index is 5.39. The van der Waals surface area contributed by atoms with Crippen LogP contribution < -0.4 is 9.47 Å². The molecule has 0 radical (unpaired) electrons. The molecule has 0 saturated heterocycles. The molecular formula is C32H28N2O2. The van der Waals surface area contributed by atoms with E-state index >= 15 is 0 Å². The number of nitrogens with zero attached hydrogens (tertiary/aromatic N) is 2. The van der Waals surface area contributed by atoms with E-state index in [0.717, 1.165) is 45.1 Å². The van der Waals surface area contributed by atoms with Crippen LogP contribution >= 0.6 is 0 Å². The first kappa shape index (κ1) is 24.4. The molecular weight excluding hydrogens is 444 g/mol. The van der Waals surface area contributed by atoms with Crippen molar-refractivity contribution in [3.8, 4) is 22.9 Å². The number of aromatic nitrogens is 2. The van der Waals surface area contributed by atoms with Gasteiger partial charge in [0.1, 0.15) is 11.5 Å². The number of methoxy groups -OCH3 is 2. The number of ether oxygens (including phenoxy) is 2. The topological polar surface area (TPSA) is 44.2 Å². The molecule has 178 valence electrons. The molecule has 4 rings (SSSR count). The summed E-state index contributed by atoms with van der Waals surface area (Å²) in [4.78, 5) is 9.04. The highest BCUT2D eigenvalue weighted by molar-refractivity contribution is 5.66. The minimum absolute atomic E-state index is 0.825. The van der Waals surface area contributed by atoms with Crippen LogP contribution in [0.15, 0.2) is 109 Å². The summed E-state index contributed by atoms with van der Waals surface area (Å²) in [6.07, 6.45) is 19.8. The molecule has 0 amide bonds. The van der Waals surface area contributed by atoms with E-state index in [0.29, 0.717) is 0 Å². The van der Waals surface area contributed by atoms with Gasteiger partial charge >= 0.3 is 0 Å². The highest BCUT2D eigenvalue weighted by Crippen LogP contribution is 2.21. The third-order valence-electron chi connectivity index (χ3n) is 5.46. The summed E-state index contributed by atoms with van der Waals surface area (Å²) >= 11 is 0. The SMILES string of the molecule is COc1ccccc1/C=C\C=C\c1ccnc(-c2cc(/C=C/C=C\c3ccccc3OC)ccn2)c1. The Morgan fingerprint density at radius 2 is 0.944 bits per heavy atom.